The highest BCUT2D eigenvalue weighted by atomic mass is 79.9. The molecule has 20 heavy (non-hydrogen) atoms. The Morgan fingerprint density at radius 3 is 2.80 bits per heavy atom. The van der Waals surface area contributed by atoms with Crippen LogP contribution in [0.2, 0.25) is 5.02 Å². The summed E-state index contributed by atoms with van der Waals surface area (Å²) in [6, 6.07) is 5.82. The van der Waals surface area contributed by atoms with Gasteiger partial charge >= 0.3 is 0 Å². The Hall–Kier alpha value is -0.580. The summed E-state index contributed by atoms with van der Waals surface area (Å²) in [5.74, 6) is 0.569. The molecular formula is C15H17BrClNO2. The predicted molar refractivity (Wildman–Crippen MR) is 82.1 cm³/mol. The predicted octanol–water partition coefficient (Wildman–Crippen LogP) is 3.74. The van der Waals surface area contributed by atoms with Crippen LogP contribution >= 0.6 is 27.5 Å². The Bertz CT molecular complexity index is 513. The van der Waals surface area contributed by atoms with E-state index in [1.54, 1.807) is 6.07 Å². The summed E-state index contributed by atoms with van der Waals surface area (Å²) >= 11 is 9.44. The van der Waals surface area contributed by atoms with Crippen molar-refractivity contribution in [1.29, 1.82) is 0 Å². The van der Waals surface area contributed by atoms with Crippen molar-refractivity contribution in [3.63, 3.8) is 0 Å². The van der Waals surface area contributed by atoms with Gasteiger partial charge in [-0.2, -0.15) is 0 Å². The van der Waals surface area contributed by atoms with Gasteiger partial charge in [-0.25, -0.2) is 0 Å². The zero-order valence-electron chi connectivity index (χ0n) is 11.1. The van der Waals surface area contributed by atoms with Crippen LogP contribution in [-0.4, -0.2) is 36.6 Å². The fourth-order valence-electron chi connectivity index (χ4n) is 2.58. The summed E-state index contributed by atoms with van der Waals surface area (Å²) in [4.78, 5) is 14.7. The van der Waals surface area contributed by atoms with Gasteiger partial charge in [0.05, 0.1) is 11.6 Å². The number of ether oxygens (including phenoxy) is 1. The summed E-state index contributed by atoms with van der Waals surface area (Å²) in [7, 11) is 0. The average Bonchev–Trinajstić information content (AvgIpc) is 3.15. The third-order valence-corrected chi connectivity index (χ3v) is 5.13. The van der Waals surface area contributed by atoms with Gasteiger partial charge in [-0.05, 0) is 53.4 Å². The van der Waals surface area contributed by atoms with Crippen LogP contribution in [0.15, 0.2) is 22.7 Å². The van der Waals surface area contributed by atoms with Crippen LogP contribution in [0.4, 0.5) is 0 Å². The van der Waals surface area contributed by atoms with Crippen molar-refractivity contribution in [3.8, 4) is 0 Å². The van der Waals surface area contributed by atoms with Crippen molar-refractivity contribution in [3.05, 3.63) is 33.3 Å². The molecule has 3 rings (SSSR count). The molecule has 0 bridgehead atoms. The lowest BCUT2D eigenvalue weighted by atomic mass is 10.1. The Labute approximate surface area is 132 Å². The number of carbonyl (C=O) groups is 1. The number of nitrogens with zero attached hydrogens (tertiary/aromatic N) is 1. The first-order chi connectivity index (χ1) is 9.65. The van der Waals surface area contributed by atoms with Crippen molar-refractivity contribution < 1.29 is 9.53 Å². The molecule has 1 saturated heterocycles. The fraction of sp³-hybridized carbons (Fsp3) is 0.533. The Balaban J connectivity index is 1.75. The lowest BCUT2D eigenvalue weighted by molar-refractivity contribution is 0.0706. The van der Waals surface area contributed by atoms with Crippen LogP contribution in [0.5, 0.6) is 0 Å². The van der Waals surface area contributed by atoms with Gasteiger partial charge < -0.3 is 9.64 Å². The van der Waals surface area contributed by atoms with Gasteiger partial charge in [0.25, 0.3) is 5.91 Å². The van der Waals surface area contributed by atoms with Gasteiger partial charge in [0.1, 0.15) is 0 Å². The summed E-state index contributed by atoms with van der Waals surface area (Å²) in [6.07, 6.45) is 3.28. The molecule has 0 spiro atoms. The van der Waals surface area contributed by atoms with Crippen molar-refractivity contribution in [2.24, 2.45) is 5.92 Å². The van der Waals surface area contributed by atoms with Crippen LogP contribution in [-0.2, 0) is 4.74 Å². The maximum Gasteiger partial charge on any atom is 0.254 e. The fourth-order valence-corrected chi connectivity index (χ4v) is 3.01. The molecule has 0 N–H and O–H groups in total. The molecule has 1 atom stereocenters. The number of amides is 1. The molecule has 3 nitrogen and oxygen atoms in total. The van der Waals surface area contributed by atoms with E-state index in [0.717, 1.165) is 43.5 Å². The number of hydrogen-bond donors (Lipinski definition) is 0. The summed E-state index contributed by atoms with van der Waals surface area (Å²) < 4.78 is 6.23. The minimum atomic E-state index is 0.0915. The van der Waals surface area contributed by atoms with Crippen molar-refractivity contribution in [2.45, 2.75) is 25.3 Å². The molecule has 1 aromatic carbocycles. The second kappa shape index (κ2) is 6.04. The van der Waals surface area contributed by atoms with E-state index in [4.69, 9.17) is 16.3 Å². The van der Waals surface area contributed by atoms with Crippen molar-refractivity contribution in [2.75, 3.05) is 19.8 Å². The Kier molecular flexibility index (Phi) is 4.34. The molecule has 1 heterocycles. The van der Waals surface area contributed by atoms with Gasteiger partial charge in [-0.15, -0.1) is 0 Å². The van der Waals surface area contributed by atoms with Gasteiger partial charge in [-0.3, -0.25) is 4.79 Å². The summed E-state index contributed by atoms with van der Waals surface area (Å²) in [6.45, 7) is 2.40. The van der Waals surface area contributed by atoms with Gasteiger partial charge in [0.15, 0.2) is 0 Å². The molecule has 1 aromatic rings. The first-order valence-corrected chi connectivity index (χ1v) is 8.16. The van der Waals surface area contributed by atoms with E-state index in [-0.39, 0.29) is 5.91 Å². The first-order valence-electron chi connectivity index (χ1n) is 6.99. The average molecular weight is 359 g/mol. The quantitative estimate of drug-likeness (QED) is 0.820. The molecule has 1 aliphatic heterocycles. The highest BCUT2D eigenvalue weighted by Crippen LogP contribution is 2.31. The zero-order chi connectivity index (χ0) is 14.1. The second-order valence-corrected chi connectivity index (χ2v) is 6.81. The SMILES string of the molecule is O=C(c1ccc(Br)c(Cl)c1)N(CC1CCOC1)C1CC1. The number of hydrogen-bond acceptors (Lipinski definition) is 2. The van der Waals surface area contributed by atoms with E-state index in [1.807, 2.05) is 17.0 Å². The van der Waals surface area contributed by atoms with Crippen LogP contribution < -0.4 is 0 Å². The summed E-state index contributed by atoms with van der Waals surface area (Å²) in [5.41, 5.74) is 0.670. The molecule has 0 radical (unpaired) electrons. The minimum absolute atomic E-state index is 0.0915. The largest absolute Gasteiger partial charge is 0.381 e. The monoisotopic (exact) mass is 357 g/mol. The lowest BCUT2D eigenvalue weighted by Crippen LogP contribution is -2.37. The van der Waals surface area contributed by atoms with Crippen LogP contribution in [0.3, 0.4) is 0 Å². The molecule has 108 valence electrons. The van der Waals surface area contributed by atoms with E-state index in [2.05, 4.69) is 15.9 Å². The normalized spacial score (nSPS) is 22.0. The third-order valence-electron chi connectivity index (χ3n) is 3.89. The molecule has 2 fully saturated rings. The van der Waals surface area contributed by atoms with Gasteiger partial charge in [-0.1, -0.05) is 11.6 Å². The van der Waals surface area contributed by atoms with Crippen LogP contribution in [0, 0.1) is 5.92 Å². The maximum absolute atomic E-state index is 12.7. The van der Waals surface area contributed by atoms with Gasteiger partial charge in [0, 0.05) is 35.1 Å². The molecule has 1 aliphatic carbocycles. The zero-order valence-corrected chi connectivity index (χ0v) is 13.5. The molecule has 1 amide bonds. The molecule has 1 saturated carbocycles. The van der Waals surface area contributed by atoms with Gasteiger partial charge in [0.2, 0.25) is 0 Å². The highest BCUT2D eigenvalue weighted by molar-refractivity contribution is 9.10. The number of halogens is 2. The van der Waals surface area contributed by atoms with E-state index in [1.165, 1.54) is 0 Å². The number of carbonyl (C=O) groups excluding carboxylic acids is 1. The standard InChI is InChI=1S/C15H17BrClNO2/c16-13-4-1-11(7-14(13)17)15(19)18(12-2-3-12)8-10-5-6-20-9-10/h1,4,7,10,12H,2-3,5-6,8-9H2. The summed E-state index contributed by atoms with van der Waals surface area (Å²) in [5, 5.41) is 0.579. The molecule has 1 unspecified atom stereocenters. The molecular weight excluding hydrogens is 342 g/mol. The first kappa shape index (κ1) is 14.4. The lowest BCUT2D eigenvalue weighted by Gasteiger charge is -2.25. The molecule has 2 aliphatic rings. The van der Waals surface area contributed by atoms with Crippen molar-refractivity contribution >= 4 is 33.4 Å². The molecule has 0 aromatic heterocycles. The van der Waals surface area contributed by atoms with E-state index < -0.39 is 0 Å². The molecule has 5 heteroatoms. The second-order valence-electron chi connectivity index (χ2n) is 5.55. The van der Waals surface area contributed by atoms with Crippen LogP contribution in [0.25, 0.3) is 0 Å². The number of benzene rings is 1. The van der Waals surface area contributed by atoms with E-state index in [9.17, 15) is 4.79 Å². The third kappa shape index (κ3) is 3.18. The van der Waals surface area contributed by atoms with E-state index in [0.29, 0.717) is 22.5 Å². The van der Waals surface area contributed by atoms with Crippen molar-refractivity contribution in [1.82, 2.24) is 4.90 Å². The maximum atomic E-state index is 12.7. The minimum Gasteiger partial charge on any atom is -0.381 e. The van der Waals surface area contributed by atoms with Crippen LogP contribution in [0.1, 0.15) is 29.6 Å². The Morgan fingerprint density at radius 2 is 2.20 bits per heavy atom. The van der Waals surface area contributed by atoms with E-state index >= 15 is 0 Å². The smallest absolute Gasteiger partial charge is 0.254 e. The number of rotatable bonds is 4. The Morgan fingerprint density at radius 1 is 1.40 bits per heavy atom. The topological polar surface area (TPSA) is 29.5 Å². The highest BCUT2D eigenvalue weighted by Gasteiger charge is 2.35.